The molecule has 28 heavy (non-hydrogen) atoms. The second-order valence-corrected chi connectivity index (χ2v) is 7.29. The van der Waals surface area contributed by atoms with Crippen molar-refractivity contribution >= 4 is 29.0 Å². The van der Waals surface area contributed by atoms with E-state index >= 15 is 0 Å². The molecular formula is C21H19NO5S. The molecule has 2 aliphatic heterocycles. The van der Waals surface area contributed by atoms with Crippen LogP contribution in [0.25, 0.3) is 0 Å². The summed E-state index contributed by atoms with van der Waals surface area (Å²) in [5, 5.41) is 0.590. The summed E-state index contributed by atoms with van der Waals surface area (Å²) >= 11 is 1.39. The molecular weight excluding hydrogens is 378 g/mol. The third-order valence-corrected chi connectivity index (χ3v) is 5.80. The minimum atomic E-state index is -0.695. The fraction of sp³-hybridized carbons (Fsp3) is 0.238. The first-order chi connectivity index (χ1) is 13.6. The maximum absolute atomic E-state index is 13.3. The minimum absolute atomic E-state index is 0.0886. The summed E-state index contributed by atoms with van der Waals surface area (Å²) in [6.45, 7) is 2.58. The zero-order chi connectivity index (χ0) is 19.7. The van der Waals surface area contributed by atoms with Gasteiger partial charge in [-0.1, -0.05) is 11.8 Å². The molecule has 1 aromatic heterocycles. The zero-order valence-corrected chi connectivity index (χ0v) is 16.3. The Morgan fingerprint density at radius 2 is 2.18 bits per heavy atom. The molecule has 3 heterocycles. The van der Waals surface area contributed by atoms with E-state index in [-0.39, 0.29) is 17.1 Å². The van der Waals surface area contributed by atoms with Crippen LogP contribution in [0.5, 0.6) is 5.75 Å². The number of anilines is 1. The average Bonchev–Trinajstić information content (AvgIpc) is 3.47. The quantitative estimate of drug-likeness (QED) is 0.313. The number of ether oxygens (including phenoxy) is 2. The van der Waals surface area contributed by atoms with E-state index in [1.807, 2.05) is 30.0 Å². The number of hydrogen-bond donors (Lipinski definition) is 0. The Morgan fingerprint density at radius 1 is 1.32 bits per heavy atom. The molecule has 4 rings (SSSR count). The second-order valence-electron chi connectivity index (χ2n) is 6.26. The molecule has 1 atom stereocenters. The topological polar surface area (TPSA) is 69.0 Å². The summed E-state index contributed by atoms with van der Waals surface area (Å²) < 4.78 is 16.0. The molecule has 1 aromatic carbocycles. The van der Waals surface area contributed by atoms with E-state index in [4.69, 9.17) is 13.9 Å². The number of hydrogen-bond acceptors (Lipinski definition) is 7. The Kier molecular flexibility index (Phi) is 5.00. The van der Waals surface area contributed by atoms with Gasteiger partial charge in [0.25, 0.3) is 0 Å². The highest BCUT2D eigenvalue weighted by atomic mass is 32.2. The highest BCUT2D eigenvalue weighted by Crippen LogP contribution is 2.49. The number of furan rings is 1. The molecule has 2 aromatic rings. The molecule has 1 unspecified atom stereocenters. The first-order valence-electron chi connectivity index (χ1n) is 8.94. The van der Waals surface area contributed by atoms with E-state index in [1.54, 1.807) is 25.3 Å². The van der Waals surface area contributed by atoms with Crippen molar-refractivity contribution < 1.29 is 23.5 Å². The lowest BCUT2D eigenvalue weighted by molar-refractivity contribution is -0.122. The maximum atomic E-state index is 13.3. The van der Waals surface area contributed by atoms with Gasteiger partial charge in [-0.25, -0.2) is 0 Å². The van der Waals surface area contributed by atoms with Gasteiger partial charge in [-0.3, -0.25) is 9.59 Å². The van der Waals surface area contributed by atoms with Crippen molar-refractivity contribution in [2.75, 3.05) is 18.6 Å². The number of carbonyl (C=O) groups is 2. The zero-order valence-electron chi connectivity index (χ0n) is 15.5. The summed E-state index contributed by atoms with van der Waals surface area (Å²) in [5.74, 6) is 0.0717. The van der Waals surface area contributed by atoms with Crippen LogP contribution in [0.15, 0.2) is 68.8 Å². The van der Waals surface area contributed by atoms with Crippen LogP contribution in [0.1, 0.15) is 23.9 Å². The first kappa shape index (κ1) is 18.4. The largest absolute Gasteiger partial charge is 0.497 e. The van der Waals surface area contributed by atoms with Crippen molar-refractivity contribution in [1.82, 2.24) is 0 Å². The van der Waals surface area contributed by atoms with Crippen LogP contribution in [0, 0.1) is 0 Å². The van der Waals surface area contributed by atoms with Crippen molar-refractivity contribution in [1.29, 1.82) is 0 Å². The number of fused-ring (bicyclic) bond motifs is 1. The van der Waals surface area contributed by atoms with Crippen LogP contribution in [0.3, 0.4) is 0 Å². The first-order valence-corrected chi connectivity index (χ1v) is 9.76. The van der Waals surface area contributed by atoms with Crippen LogP contribution in [0.2, 0.25) is 0 Å². The predicted molar refractivity (Wildman–Crippen MR) is 106 cm³/mol. The normalized spacial score (nSPS) is 19.4. The van der Waals surface area contributed by atoms with E-state index in [2.05, 4.69) is 0 Å². The number of ketones is 2. The van der Waals surface area contributed by atoms with Gasteiger partial charge in [0.15, 0.2) is 11.9 Å². The summed E-state index contributed by atoms with van der Waals surface area (Å²) in [4.78, 5) is 29.4. The van der Waals surface area contributed by atoms with Crippen LogP contribution >= 0.6 is 11.8 Å². The summed E-state index contributed by atoms with van der Waals surface area (Å²) in [7, 11) is 1.61. The Bertz CT molecular complexity index is 969. The van der Waals surface area contributed by atoms with Crippen molar-refractivity contribution in [3.05, 3.63) is 65.3 Å². The van der Waals surface area contributed by atoms with Crippen molar-refractivity contribution in [3.63, 3.8) is 0 Å². The molecule has 2 aliphatic rings. The Hall–Kier alpha value is -2.93. The lowest BCUT2D eigenvalue weighted by Crippen LogP contribution is -2.30. The lowest BCUT2D eigenvalue weighted by atomic mass is 10.00. The molecule has 0 spiro atoms. The van der Waals surface area contributed by atoms with Gasteiger partial charge in [-0.2, -0.15) is 0 Å². The van der Waals surface area contributed by atoms with E-state index in [9.17, 15) is 9.59 Å². The summed E-state index contributed by atoms with van der Waals surface area (Å²) in [6.07, 6.45) is 4.45. The molecule has 0 saturated carbocycles. The van der Waals surface area contributed by atoms with Gasteiger partial charge in [0.1, 0.15) is 11.3 Å². The molecule has 7 heteroatoms. The number of Topliss-reactive ketones (excluding diaryl/α,β-unsaturated/α-hetero) is 2. The van der Waals surface area contributed by atoms with Gasteiger partial charge >= 0.3 is 0 Å². The fourth-order valence-corrected chi connectivity index (χ4v) is 4.55. The predicted octanol–water partition coefficient (Wildman–Crippen LogP) is 4.19. The number of carbonyl (C=O) groups excluding carboxylic acids is 2. The number of benzene rings is 1. The van der Waals surface area contributed by atoms with Crippen LogP contribution in [-0.4, -0.2) is 31.3 Å². The monoisotopic (exact) mass is 397 g/mol. The van der Waals surface area contributed by atoms with Crippen LogP contribution in [0.4, 0.5) is 5.69 Å². The average molecular weight is 397 g/mol. The van der Waals surface area contributed by atoms with Gasteiger partial charge in [0, 0.05) is 17.9 Å². The van der Waals surface area contributed by atoms with E-state index in [0.717, 1.165) is 16.3 Å². The molecule has 0 saturated heterocycles. The smallest absolute Gasteiger partial charge is 0.234 e. The number of nitrogens with zero attached hydrogens (tertiary/aromatic N) is 1. The molecule has 144 valence electrons. The number of methoxy groups -OCH3 is 1. The van der Waals surface area contributed by atoms with Gasteiger partial charge in [-0.15, -0.1) is 0 Å². The second kappa shape index (κ2) is 7.59. The van der Waals surface area contributed by atoms with Gasteiger partial charge < -0.3 is 18.8 Å². The Morgan fingerprint density at radius 3 is 2.82 bits per heavy atom. The highest BCUT2D eigenvalue weighted by Gasteiger charge is 2.38. The molecule has 0 amide bonds. The van der Waals surface area contributed by atoms with Crippen molar-refractivity contribution in [3.8, 4) is 5.75 Å². The summed E-state index contributed by atoms with van der Waals surface area (Å²) in [5.41, 5.74) is 1.02. The Balaban J connectivity index is 1.83. The number of rotatable bonds is 6. The van der Waals surface area contributed by atoms with Crippen LogP contribution in [-0.2, 0) is 9.53 Å². The van der Waals surface area contributed by atoms with Gasteiger partial charge in [0.2, 0.25) is 11.6 Å². The standard InChI is InChI=1S/C21H19NO5S/c1-3-22-14-9-8-13(25-2)12-17(14)28-21(22)18(19(23)15-6-4-10-26-15)20(24)16-7-5-11-27-16/h4-6,8-12,16H,3,7H2,1-2H3/b21-18-. The van der Waals surface area contributed by atoms with Crippen LogP contribution < -0.4 is 9.64 Å². The van der Waals surface area contributed by atoms with Crippen molar-refractivity contribution in [2.45, 2.75) is 24.3 Å². The highest BCUT2D eigenvalue weighted by molar-refractivity contribution is 8.03. The third kappa shape index (κ3) is 3.11. The van der Waals surface area contributed by atoms with E-state index in [1.165, 1.54) is 24.3 Å². The third-order valence-electron chi connectivity index (χ3n) is 4.64. The molecule has 6 nitrogen and oxygen atoms in total. The molecule has 0 fully saturated rings. The fourth-order valence-electron chi connectivity index (χ4n) is 3.26. The Labute approximate surface area is 166 Å². The molecule has 0 bridgehead atoms. The molecule has 0 aliphatic carbocycles. The van der Waals surface area contributed by atoms with E-state index < -0.39 is 11.9 Å². The maximum Gasteiger partial charge on any atom is 0.234 e. The van der Waals surface area contributed by atoms with Gasteiger partial charge in [-0.05, 0) is 43.3 Å². The van der Waals surface area contributed by atoms with Gasteiger partial charge in [0.05, 0.1) is 30.4 Å². The number of thioether (sulfide) groups is 1. The van der Waals surface area contributed by atoms with E-state index in [0.29, 0.717) is 18.0 Å². The SMILES string of the molecule is CCN1/C(=C(\C(=O)c2ccco2)C(=O)C2CC=CO2)Sc2cc(OC)ccc21. The molecule has 0 N–H and O–H groups in total. The molecule has 0 radical (unpaired) electrons. The van der Waals surface area contributed by atoms with Crippen molar-refractivity contribution in [2.24, 2.45) is 0 Å². The minimum Gasteiger partial charge on any atom is -0.497 e. The lowest BCUT2D eigenvalue weighted by Gasteiger charge is -2.21. The summed E-state index contributed by atoms with van der Waals surface area (Å²) in [6, 6.07) is 8.90.